The number of carbonyl (C=O) groups is 1. The molecule has 2 nitrogen and oxygen atoms in total. The maximum absolute atomic E-state index is 12.4. The summed E-state index contributed by atoms with van der Waals surface area (Å²) in [5, 5.41) is -0.322. The molecule has 0 aromatic rings. The Balaban J connectivity index is 4.22. The zero-order chi connectivity index (χ0) is 8.85. The van der Waals surface area contributed by atoms with Crippen molar-refractivity contribution in [3.8, 4) is 0 Å². The van der Waals surface area contributed by atoms with Crippen LogP contribution in [0.15, 0.2) is 11.7 Å². The normalized spacial score (nSPS) is 12.4. The van der Waals surface area contributed by atoms with E-state index in [4.69, 9.17) is 0 Å². The summed E-state index contributed by atoms with van der Waals surface area (Å²) in [5.74, 6) is -3.88. The van der Waals surface area contributed by atoms with Crippen molar-refractivity contribution in [3.63, 3.8) is 0 Å². The standard InChI is InChI=1S/C6H7BrF2O2/c1-2-11-6(10)5(9)4(8)3-7/h2-3H2,1H3/b5-4-. The van der Waals surface area contributed by atoms with Gasteiger partial charge in [-0.15, -0.1) is 0 Å². The lowest BCUT2D eigenvalue weighted by Crippen LogP contribution is -2.06. The molecule has 0 aliphatic rings. The second-order valence-corrected chi connectivity index (χ2v) is 2.13. The van der Waals surface area contributed by atoms with E-state index >= 15 is 0 Å². The highest BCUT2D eigenvalue weighted by Crippen LogP contribution is 2.11. The molecule has 0 heterocycles. The van der Waals surface area contributed by atoms with Crippen LogP contribution in [0.2, 0.25) is 0 Å². The third-order valence-electron chi connectivity index (χ3n) is 0.810. The molecule has 0 radical (unpaired) electrons. The van der Waals surface area contributed by atoms with Gasteiger partial charge in [-0.25, -0.2) is 9.18 Å². The number of hydrogen-bond acceptors (Lipinski definition) is 2. The van der Waals surface area contributed by atoms with Crippen molar-refractivity contribution in [1.82, 2.24) is 0 Å². The highest BCUT2D eigenvalue weighted by atomic mass is 79.9. The van der Waals surface area contributed by atoms with Gasteiger partial charge in [-0.1, -0.05) is 15.9 Å². The van der Waals surface area contributed by atoms with Crippen LogP contribution in [0.3, 0.4) is 0 Å². The number of ether oxygens (including phenoxy) is 1. The molecule has 64 valence electrons. The lowest BCUT2D eigenvalue weighted by atomic mass is 10.5. The van der Waals surface area contributed by atoms with E-state index in [-0.39, 0.29) is 11.9 Å². The van der Waals surface area contributed by atoms with Gasteiger partial charge in [-0.3, -0.25) is 0 Å². The molecule has 0 saturated heterocycles. The highest BCUT2D eigenvalue weighted by Gasteiger charge is 2.15. The number of carbonyl (C=O) groups excluding carboxylic acids is 1. The number of allylic oxidation sites excluding steroid dienone is 1. The van der Waals surface area contributed by atoms with Gasteiger partial charge in [0.2, 0.25) is 5.83 Å². The Labute approximate surface area is 71.3 Å². The van der Waals surface area contributed by atoms with Gasteiger partial charge in [0.1, 0.15) is 0 Å². The Hall–Kier alpha value is -0.450. The molecule has 0 aromatic heterocycles. The van der Waals surface area contributed by atoms with E-state index in [2.05, 4.69) is 20.7 Å². The number of halogens is 3. The SMILES string of the molecule is CCOC(=O)/C(F)=C(/F)CBr. The van der Waals surface area contributed by atoms with Crippen molar-refractivity contribution >= 4 is 21.9 Å². The van der Waals surface area contributed by atoms with E-state index in [1.54, 1.807) is 0 Å². The minimum Gasteiger partial charge on any atom is -0.461 e. The molecule has 5 heteroatoms. The fourth-order valence-corrected chi connectivity index (χ4v) is 0.610. The van der Waals surface area contributed by atoms with Crippen molar-refractivity contribution in [1.29, 1.82) is 0 Å². The molecule has 0 aliphatic carbocycles. The van der Waals surface area contributed by atoms with Crippen molar-refractivity contribution in [2.75, 3.05) is 11.9 Å². The Morgan fingerprint density at radius 1 is 1.55 bits per heavy atom. The predicted octanol–water partition coefficient (Wildman–Crippen LogP) is 2.09. The zero-order valence-corrected chi connectivity index (χ0v) is 7.45. The first-order chi connectivity index (χ1) is 5.13. The fraction of sp³-hybridized carbons (Fsp3) is 0.500. The van der Waals surface area contributed by atoms with Gasteiger partial charge in [-0.2, -0.15) is 4.39 Å². The summed E-state index contributed by atoms with van der Waals surface area (Å²) >= 11 is 2.65. The van der Waals surface area contributed by atoms with Gasteiger partial charge < -0.3 is 4.74 Å². The van der Waals surface area contributed by atoms with Crippen LogP contribution in [-0.2, 0) is 9.53 Å². The smallest absolute Gasteiger partial charge is 0.369 e. The monoisotopic (exact) mass is 228 g/mol. The molecule has 0 fully saturated rings. The molecule has 0 aromatic carbocycles. The van der Waals surface area contributed by atoms with Gasteiger partial charge in [0, 0.05) is 0 Å². The topological polar surface area (TPSA) is 26.3 Å². The van der Waals surface area contributed by atoms with Gasteiger partial charge in [0.05, 0.1) is 11.9 Å². The van der Waals surface area contributed by atoms with E-state index in [1.807, 2.05) is 0 Å². The van der Waals surface area contributed by atoms with E-state index in [9.17, 15) is 13.6 Å². The van der Waals surface area contributed by atoms with E-state index in [1.165, 1.54) is 6.92 Å². The van der Waals surface area contributed by atoms with Crippen LogP contribution in [0.4, 0.5) is 8.78 Å². The summed E-state index contributed by atoms with van der Waals surface area (Å²) in [5.41, 5.74) is 0. The van der Waals surface area contributed by atoms with Crippen LogP contribution in [0.5, 0.6) is 0 Å². The number of rotatable bonds is 3. The molecule has 0 atom stereocenters. The molecule has 0 rings (SSSR count). The summed E-state index contributed by atoms with van der Waals surface area (Å²) in [6.45, 7) is 1.54. The molecule has 0 unspecified atom stereocenters. The number of hydrogen-bond donors (Lipinski definition) is 0. The van der Waals surface area contributed by atoms with Crippen molar-refractivity contribution in [3.05, 3.63) is 11.7 Å². The van der Waals surface area contributed by atoms with Crippen LogP contribution in [-0.4, -0.2) is 17.9 Å². The molecule has 0 N–H and O–H groups in total. The largest absolute Gasteiger partial charge is 0.461 e. The van der Waals surface area contributed by atoms with Crippen LogP contribution >= 0.6 is 15.9 Å². The van der Waals surface area contributed by atoms with Crippen LogP contribution in [0, 0.1) is 0 Å². The summed E-state index contributed by atoms with van der Waals surface area (Å²) in [6, 6.07) is 0. The van der Waals surface area contributed by atoms with E-state index in [0.29, 0.717) is 0 Å². The average Bonchev–Trinajstić information content (AvgIpc) is 2.02. The quantitative estimate of drug-likeness (QED) is 0.420. The summed E-state index contributed by atoms with van der Waals surface area (Å²) in [7, 11) is 0. The maximum atomic E-state index is 12.4. The lowest BCUT2D eigenvalue weighted by Gasteiger charge is -1.98. The summed E-state index contributed by atoms with van der Waals surface area (Å²) < 4.78 is 28.8. The Morgan fingerprint density at radius 2 is 2.09 bits per heavy atom. The number of esters is 1. The fourth-order valence-electron chi connectivity index (χ4n) is 0.364. The Bertz CT molecular complexity index is 179. The maximum Gasteiger partial charge on any atom is 0.369 e. The third kappa shape index (κ3) is 3.46. The van der Waals surface area contributed by atoms with Crippen LogP contribution < -0.4 is 0 Å². The molecule has 0 saturated carbocycles. The molecular formula is C6H7BrF2O2. The minimum absolute atomic E-state index is 0.0296. The molecule has 0 spiro atoms. The van der Waals surface area contributed by atoms with Crippen molar-refractivity contribution < 1.29 is 18.3 Å². The summed E-state index contributed by atoms with van der Waals surface area (Å²) in [6.07, 6.45) is 0. The highest BCUT2D eigenvalue weighted by molar-refractivity contribution is 9.09. The lowest BCUT2D eigenvalue weighted by molar-refractivity contribution is -0.140. The summed E-state index contributed by atoms with van der Waals surface area (Å²) in [4.78, 5) is 10.4. The van der Waals surface area contributed by atoms with Crippen molar-refractivity contribution in [2.24, 2.45) is 0 Å². The molecule has 0 amide bonds. The van der Waals surface area contributed by atoms with Crippen LogP contribution in [0.1, 0.15) is 6.92 Å². The van der Waals surface area contributed by atoms with E-state index < -0.39 is 17.6 Å². The average molecular weight is 229 g/mol. The van der Waals surface area contributed by atoms with Gasteiger partial charge in [-0.05, 0) is 6.92 Å². The first kappa shape index (κ1) is 10.6. The second kappa shape index (κ2) is 5.23. The van der Waals surface area contributed by atoms with Crippen molar-refractivity contribution in [2.45, 2.75) is 6.92 Å². The zero-order valence-electron chi connectivity index (χ0n) is 5.86. The van der Waals surface area contributed by atoms with Crippen LogP contribution in [0.25, 0.3) is 0 Å². The molecule has 0 aliphatic heterocycles. The first-order valence-corrected chi connectivity index (χ1v) is 4.02. The van der Waals surface area contributed by atoms with E-state index in [0.717, 1.165) is 0 Å². The minimum atomic E-state index is -1.47. The third-order valence-corrected chi connectivity index (χ3v) is 1.30. The molecule has 0 bridgehead atoms. The number of alkyl halides is 1. The Kier molecular flexibility index (Phi) is 5.02. The second-order valence-electron chi connectivity index (χ2n) is 1.57. The van der Waals surface area contributed by atoms with Gasteiger partial charge >= 0.3 is 5.97 Å². The Morgan fingerprint density at radius 3 is 2.45 bits per heavy atom. The first-order valence-electron chi connectivity index (χ1n) is 2.90. The molecule has 11 heavy (non-hydrogen) atoms. The van der Waals surface area contributed by atoms with Gasteiger partial charge in [0.15, 0.2) is 5.83 Å². The van der Waals surface area contributed by atoms with Gasteiger partial charge in [0.25, 0.3) is 0 Å². The predicted molar refractivity (Wildman–Crippen MR) is 39.7 cm³/mol. The molecular weight excluding hydrogens is 222 g/mol.